The van der Waals surface area contributed by atoms with Crippen LogP contribution in [0.1, 0.15) is 10.4 Å². The van der Waals surface area contributed by atoms with Gasteiger partial charge in [-0.25, -0.2) is 4.79 Å². The molecule has 0 aromatic heterocycles. The van der Waals surface area contributed by atoms with Crippen molar-refractivity contribution in [1.82, 2.24) is 0 Å². The van der Waals surface area contributed by atoms with E-state index in [4.69, 9.17) is 5.11 Å². The van der Waals surface area contributed by atoms with Crippen LogP contribution in [0.15, 0.2) is 56.7 Å². The summed E-state index contributed by atoms with van der Waals surface area (Å²) in [5.74, 6) is -0.915. The van der Waals surface area contributed by atoms with Gasteiger partial charge < -0.3 is 5.11 Å². The van der Waals surface area contributed by atoms with Crippen LogP contribution in [-0.2, 0) is 0 Å². The summed E-state index contributed by atoms with van der Waals surface area (Å²) in [6.45, 7) is 0. The molecule has 92 valence electrons. The number of rotatable bonds is 3. The molecule has 18 heavy (non-hydrogen) atoms. The standard InChI is InChI=1S/C13H8BrIO2S/c14-11-7-8(13(16)17)1-6-12(11)18-10-4-2-9(15)3-5-10/h1-7H,(H,16,17). The van der Waals surface area contributed by atoms with Crippen LogP contribution in [0.5, 0.6) is 0 Å². The fourth-order valence-corrected chi connectivity index (χ4v) is 3.15. The average molecular weight is 435 g/mol. The maximum absolute atomic E-state index is 10.8. The molecule has 0 aliphatic heterocycles. The van der Waals surface area contributed by atoms with Crippen LogP contribution in [0.4, 0.5) is 0 Å². The van der Waals surface area contributed by atoms with E-state index in [-0.39, 0.29) is 5.56 Å². The van der Waals surface area contributed by atoms with Gasteiger partial charge in [0.1, 0.15) is 0 Å². The molecule has 0 aliphatic carbocycles. The van der Waals surface area contributed by atoms with Crippen molar-refractivity contribution in [2.24, 2.45) is 0 Å². The average Bonchev–Trinajstić information content (AvgIpc) is 2.34. The van der Waals surface area contributed by atoms with Crippen LogP contribution < -0.4 is 0 Å². The maximum atomic E-state index is 10.8. The second-order valence-corrected chi connectivity index (χ2v) is 6.72. The molecule has 0 radical (unpaired) electrons. The zero-order chi connectivity index (χ0) is 13.1. The molecule has 1 N–H and O–H groups in total. The van der Waals surface area contributed by atoms with Crippen molar-refractivity contribution >= 4 is 56.3 Å². The zero-order valence-electron chi connectivity index (χ0n) is 9.06. The van der Waals surface area contributed by atoms with E-state index in [9.17, 15) is 4.79 Å². The lowest BCUT2D eigenvalue weighted by Crippen LogP contribution is -1.95. The summed E-state index contributed by atoms with van der Waals surface area (Å²) in [6, 6.07) is 13.2. The molecule has 2 nitrogen and oxygen atoms in total. The molecule has 0 unspecified atom stereocenters. The SMILES string of the molecule is O=C(O)c1ccc(Sc2ccc(I)cc2)c(Br)c1. The van der Waals surface area contributed by atoms with E-state index in [1.807, 2.05) is 30.3 Å². The number of carboxylic acids is 1. The Bertz CT molecular complexity index is 584. The van der Waals surface area contributed by atoms with E-state index in [2.05, 4.69) is 38.5 Å². The Labute approximate surface area is 131 Å². The van der Waals surface area contributed by atoms with Gasteiger partial charge in [0.05, 0.1) is 5.56 Å². The van der Waals surface area contributed by atoms with E-state index in [0.29, 0.717) is 0 Å². The minimum absolute atomic E-state index is 0.286. The summed E-state index contributed by atoms with van der Waals surface area (Å²) in [6.07, 6.45) is 0. The molecule has 0 saturated heterocycles. The zero-order valence-corrected chi connectivity index (χ0v) is 13.6. The molecule has 0 spiro atoms. The van der Waals surface area contributed by atoms with Gasteiger partial charge in [-0.1, -0.05) is 11.8 Å². The van der Waals surface area contributed by atoms with Gasteiger partial charge in [-0.3, -0.25) is 0 Å². The smallest absolute Gasteiger partial charge is 0.335 e. The van der Waals surface area contributed by atoms with Crippen LogP contribution in [0.25, 0.3) is 0 Å². The third kappa shape index (κ3) is 3.49. The molecule has 0 saturated carbocycles. The monoisotopic (exact) mass is 434 g/mol. The van der Waals surface area contributed by atoms with Crippen LogP contribution in [0.3, 0.4) is 0 Å². The quantitative estimate of drug-likeness (QED) is 0.698. The lowest BCUT2D eigenvalue weighted by molar-refractivity contribution is 0.0696. The molecule has 5 heteroatoms. The minimum Gasteiger partial charge on any atom is -0.478 e. The van der Waals surface area contributed by atoms with Crippen molar-refractivity contribution in [2.45, 2.75) is 9.79 Å². The number of carbonyl (C=O) groups is 1. The Morgan fingerprint density at radius 1 is 1.17 bits per heavy atom. The van der Waals surface area contributed by atoms with Crippen molar-refractivity contribution < 1.29 is 9.90 Å². The minimum atomic E-state index is -0.915. The molecule has 0 bridgehead atoms. The number of benzene rings is 2. The first-order chi connectivity index (χ1) is 8.56. The molecule has 0 aliphatic rings. The van der Waals surface area contributed by atoms with Crippen LogP contribution in [0.2, 0.25) is 0 Å². The lowest BCUT2D eigenvalue weighted by atomic mass is 10.2. The van der Waals surface area contributed by atoms with Crippen LogP contribution in [0, 0.1) is 3.57 Å². The highest BCUT2D eigenvalue weighted by Gasteiger charge is 2.07. The van der Waals surface area contributed by atoms with E-state index in [1.54, 1.807) is 23.9 Å². The molecule has 2 aromatic rings. The predicted molar refractivity (Wildman–Crippen MR) is 84.4 cm³/mol. The first-order valence-electron chi connectivity index (χ1n) is 5.02. The molecule has 0 heterocycles. The Morgan fingerprint density at radius 3 is 2.39 bits per heavy atom. The lowest BCUT2D eigenvalue weighted by Gasteiger charge is -2.05. The summed E-state index contributed by atoms with van der Waals surface area (Å²) >= 11 is 7.26. The first kappa shape index (κ1) is 13.9. The van der Waals surface area contributed by atoms with Gasteiger partial charge in [-0.15, -0.1) is 0 Å². The fourth-order valence-electron chi connectivity index (χ4n) is 1.35. The Kier molecular flexibility index (Phi) is 4.69. The van der Waals surface area contributed by atoms with Gasteiger partial charge >= 0.3 is 5.97 Å². The molecule has 2 aromatic carbocycles. The Hall–Kier alpha value is -0.530. The van der Waals surface area contributed by atoms with Crippen molar-refractivity contribution in [2.75, 3.05) is 0 Å². The fraction of sp³-hybridized carbons (Fsp3) is 0. The molecule has 2 rings (SSSR count). The molecule has 0 fully saturated rings. The summed E-state index contributed by atoms with van der Waals surface area (Å²) < 4.78 is 1.99. The number of hydrogen-bond donors (Lipinski definition) is 1. The highest BCUT2D eigenvalue weighted by molar-refractivity contribution is 14.1. The third-order valence-corrected chi connectivity index (χ3v) is 4.94. The number of carboxylic acid groups (broad SMARTS) is 1. The highest BCUT2D eigenvalue weighted by atomic mass is 127. The van der Waals surface area contributed by atoms with E-state index < -0.39 is 5.97 Å². The maximum Gasteiger partial charge on any atom is 0.335 e. The van der Waals surface area contributed by atoms with Gasteiger partial charge in [0, 0.05) is 17.8 Å². The largest absolute Gasteiger partial charge is 0.478 e. The van der Waals surface area contributed by atoms with E-state index in [1.165, 1.54) is 3.57 Å². The molecular formula is C13H8BrIO2S. The van der Waals surface area contributed by atoms with Crippen LogP contribution >= 0.6 is 50.3 Å². The number of aromatic carboxylic acids is 1. The molecule has 0 atom stereocenters. The van der Waals surface area contributed by atoms with Gasteiger partial charge in [-0.2, -0.15) is 0 Å². The van der Waals surface area contributed by atoms with Gasteiger partial charge in [0.2, 0.25) is 0 Å². The first-order valence-corrected chi connectivity index (χ1v) is 7.71. The summed E-state index contributed by atoms with van der Waals surface area (Å²) in [7, 11) is 0. The van der Waals surface area contributed by atoms with E-state index >= 15 is 0 Å². The highest BCUT2D eigenvalue weighted by Crippen LogP contribution is 2.34. The molecule has 0 amide bonds. The van der Waals surface area contributed by atoms with Crippen molar-refractivity contribution in [1.29, 1.82) is 0 Å². The Morgan fingerprint density at radius 2 is 1.83 bits per heavy atom. The normalized spacial score (nSPS) is 10.3. The van der Waals surface area contributed by atoms with Gasteiger partial charge in [-0.05, 0) is 81.0 Å². The summed E-state index contributed by atoms with van der Waals surface area (Å²) in [4.78, 5) is 13.0. The number of hydrogen-bond acceptors (Lipinski definition) is 2. The topological polar surface area (TPSA) is 37.3 Å². The van der Waals surface area contributed by atoms with Crippen molar-refractivity contribution in [3.8, 4) is 0 Å². The molecular weight excluding hydrogens is 427 g/mol. The van der Waals surface area contributed by atoms with Gasteiger partial charge in [0.15, 0.2) is 0 Å². The van der Waals surface area contributed by atoms with Crippen molar-refractivity contribution in [3.05, 3.63) is 56.1 Å². The third-order valence-electron chi connectivity index (χ3n) is 2.22. The summed E-state index contributed by atoms with van der Waals surface area (Å²) in [5.41, 5.74) is 0.286. The number of halogens is 2. The second kappa shape index (κ2) is 6.08. The predicted octanol–water partition coefficient (Wildman–Crippen LogP) is 4.90. The summed E-state index contributed by atoms with van der Waals surface area (Å²) in [5, 5.41) is 8.89. The van der Waals surface area contributed by atoms with Crippen molar-refractivity contribution in [3.63, 3.8) is 0 Å². The second-order valence-electron chi connectivity index (χ2n) is 3.51. The van der Waals surface area contributed by atoms with Crippen LogP contribution in [-0.4, -0.2) is 11.1 Å². The van der Waals surface area contributed by atoms with E-state index in [0.717, 1.165) is 14.3 Å². The Balaban J connectivity index is 2.24. The van der Waals surface area contributed by atoms with Gasteiger partial charge in [0.25, 0.3) is 0 Å².